The normalized spacial score (nSPS) is 17.7. The largest absolute Gasteiger partial charge is 0.461 e. The van der Waals surface area contributed by atoms with Crippen LogP contribution < -0.4 is 31.3 Å². The molecular weight excluding hydrogens is 1410 g/mol. The first-order chi connectivity index (χ1) is 48.0. The van der Waals surface area contributed by atoms with Crippen LogP contribution in [0.15, 0.2) is 112 Å². The summed E-state index contributed by atoms with van der Waals surface area (Å²) >= 11 is 0. The summed E-state index contributed by atoms with van der Waals surface area (Å²) in [6, 6.07) is 17.4. The van der Waals surface area contributed by atoms with Crippen LogP contribution in [0.25, 0.3) is 50.6 Å². The fraction of sp³-hybridized carbons (Fsp3) is 0.451. The Morgan fingerprint density at radius 2 is 0.767 bits per heavy atom. The minimum atomic E-state index is -3.10. The maximum absolute atomic E-state index is 14.8. The van der Waals surface area contributed by atoms with E-state index in [2.05, 4.69) is 15.0 Å². The predicted molar refractivity (Wildman–Crippen MR) is 377 cm³/mol. The summed E-state index contributed by atoms with van der Waals surface area (Å²) in [5.74, 6) is -1.82. The molecule has 0 N–H and O–H groups in total. The van der Waals surface area contributed by atoms with Gasteiger partial charge < -0.3 is 14.2 Å². The number of pyridine rings is 3. The van der Waals surface area contributed by atoms with Crippen LogP contribution in [0.1, 0.15) is 164 Å². The summed E-state index contributed by atoms with van der Waals surface area (Å²) in [4.78, 5) is 92.1. The van der Waals surface area contributed by atoms with E-state index in [4.69, 9.17) is 14.2 Å². The van der Waals surface area contributed by atoms with Gasteiger partial charge in [-0.2, -0.15) is 0 Å². The fourth-order valence-corrected chi connectivity index (χ4v) is 19.9. The quantitative estimate of drug-likeness (QED) is 0.0477. The van der Waals surface area contributed by atoms with Gasteiger partial charge in [-0.05, 0) is 114 Å². The van der Waals surface area contributed by atoms with E-state index in [1.807, 2.05) is 20.8 Å². The Labute approximate surface area is 590 Å². The number of carbonyl (C=O) groups excluding carboxylic acids is 3. The van der Waals surface area contributed by atoms with Crippen molar-refractivity contribution in [2.75, 3.05) is 34.5 Å². The molecule has 0 radical (unpaired) electrons. The zero-order valence-electron chi connectivity index (χ0n) is 58.7. The standard InChI is InChI=1S/C25H29F2N3O5S.C23H25F2N3O5S.C23H26FN3O5S/c1-15(2)29-21-11-17(22(31)13-25(4)7-9-36(33,34)10-8-25)14-28-23(21)30(24(29)32)20-12-18(35-16(3)26)5-6-19(20)27;1-13(2)27-19-7-15(20(29)9-23(4)11-34(31,32)12-23)10-26-21(19)28(22(27)30)18-8-16(33-14(3)24)5-6-17(18)25;1-14(2)26-19-8-16(20(28)10-23(4)12-33(30,31)13-23)11-25-21(19)27(22(26)29)17-6-5-7-18(9-17)32-15(3)24/h5-6,11-12,14-16H,7-10,13H2,1-4H3;5-8,10,13-14H,9,11-12H2,1-4H3;5-9,11,14-15H,10,12-13H2,1-4H3. The number of benzene rings is 3. The zero-order valence-corrected chi connectivity index (χ0v) is 61.2. The number of rotatable bonds is 21. The first kappa shape index (κ1) is 76.5. The third-order valence-electron chi connectivity index (χ3n) is 18.0. The molecule has 32 heteroatoms. The van der Waals surface area contributed by atoms with Crippen molar-refractivity contribution in [1.29, 1.82) is 0 Å². The summed E-state index contributed by atoms with van der Waals surface area (Å²) in [6.45, 7) is 19.9. The Kier molecular flexibility index (Phi) is 21.4. The van der Waals surface area contributed by atoms with Crippen molar-refractivity contribution < 1.29 is 75.8 Å². The molecule has 6 aromatic heterocycles. The fourth-order valence-electron chi connectivity index (χ4n) is 13.6. The van der Waals surface area contributed by atoms with Gasteiger partial charge in [-0.1, -0.05) is 26.8 Å². The zero-order chi connectivity index (χ0) is 75.5. The Bertz CT molecular complexity index is 5370. The van der Waals surface area contributed by atoms with Crippen LogP contribution in [0.2, 0.25) is 0 Å². The van der Waals surface area contributed by atoms with Crippen LogP contribution in [0, 0.1) is 27.9 Å². The summed E-state index contributed by atoms with van der Waals surface area (Å²) in [6.07, 6.45) is 0.352. The van der Waals surface area contributed by atoms with Crippen molar-refractivity contribution in [3.8, 4) is 34.3 Å². The van der Waals surface area contributed by atoms with Crippen LogP contribution in [0.4, 0.5) is 22.0 Å². The van der Waals surface area contributed by atoms with E-state index in [-0.39, 0.29) is 146 Å². The van der Waals surface area contributed by atoms with E-state index in [1.54, 1.807) is 82.5 Å². The van der Waals surface area contributed by atoms with Crippen LogP contribution in [-0.4, -0.2) is 139 Å². The molecule has 3 aliphatic rings. The van der Waals surface area contributed by atoms with Gasteiger partial charge in [-0.15, -0.1) is 0 Å². The number of imidazole rings is 3. The molecule has 9 heterocycles. The lowest BCUT2D eigenvalue weighted by Gasteiger charge is -2.37. The van der Waals surface area contributed by atoms with Crippen molar-refractivity contribution in [3.63, 3.8) is 0 Å². The second kappa shape index (κ2) is 28.8. The lowest BCUT2D eigenvalue weighted by atomic mass is 9.78. The second-order valence-electron chi connectivity index (χ2n) is 28.6. The molecule has 3 aromatic carbocycles. The van der Waals surface area contributed by atoms with Gasteiger partial charge in [0.1, 0.15) is 38.7 Å². The molecule has 9 aromatic rings. The number of fused-ring (bicyclic) bond motifs is 3. The van der Waals surface area contributed by atoms with Gasteiger partial charge in [0.2, 0.25) is 19.1 Å². The number of nitrogens with zero attached hydrogens (tertiary/aromatic N) is 9. The van der Waals surface area contributed by atoms with Crippen molar-refractivity contribution >= 4 is 80.4 Å². The molecule has 103 heavy (non-hydrogen) atoms. The minimum Gasteiger partial charge on any atom is -0.461 e. The van der Waals surface area contributed by atoms with Gasteiger partial charge >= 0.3 is 17.1 Å². The highest BCUT2D eigenvalue weighted by atomic mass is 32.2. The number of ether oxygens (including phenoxy) is 3. The minimum absolute atomic E-state index is 0.00952. The first-order valence-electron chi connectivity index (χ1n) is 33.2. The maximum Gasteiger partial charge on any atom is 0.335 e. The first-order valence-corrected chi connectivity index (χ1v) is 38.7. The number of alkyl halides is 3. The molecule has 0 amide bonds. The molecule has 12 rings (SSSR count). The van der Waals surface area contributed by atoms with E-state index in [9.17, 15) is 76.0 Å². The highest BCUT2D eigenvalue weighted by molar-refractivity contribution is 7.93. The van der Waals surface area contributed by atoms with Crippen molar-refractivity contribution in [2.24, 2.45) is 16.2 Å². The highest BCUT2D eigenvalue weighted by Crippen LogP contribution is 2.40. The van der Waals surface area contributed by atoms with Gasteiger partial charge in [0.05, 0.1) is 68.1 Å². The smallest absolute Gasteiger partial charge is 0.335 e. The van der Waals surface area contributed by atoms with Crippen molar-refractivity contribution in [3.05, 3.63) is 157 Å². The molecule has 24 nitrogen and oxygen atoms in total. The maximum atomic E-state index is 14.8. The van der Waals surface area contributed by atoms with Gasteiger partial charge in [0.15, 0.2) is 54.0 Å². The van der Waals surface area contributed by atoms with E-state index >= 15 is 0 Å². The summed E-state index contributed by atoms with van der Waals surface area (Å²) in [5.41, 5.74) is -0.391. The third kappa shape index (κ3) is 16.6. The molecule has 0 spiro atoms. The number of Topliss-reactive ketones (excluding diaryl/α,β-unsaturated/α-hetero) is 3. The number of ketones is 3. The van der Waals surface area contributed by atoms with Gasteiger partial charge in [0.25, 0.3) is 0 Å². The summed E-state index contributed by atoms with van der Waals surface area (Å²) in [5, 5.41) is 0. The van der Waals surface area contributed by atoms with Gasteiger partial charge in [-0.25, -0.2) is 90.2 Å². The van der Waals surface area contributed by atoms with Crippen LogP contribution in [0.3, 0.4) is 0 Å². The van der Waals surface area contributed by atoms with Crippen molar-refractivity contribution in [2.45, 2.75) is 152 Å². The molecule has 3 saturated heterocycles. The number of hydrogen-bond donors (Lipinski definition) is 0. The molecule has 0 saturated carbocycles. The van der Waals surface area contributed by atoms with Gasteiger partial charge in [-0.3, -0.25) is 28.1 Å². The van der Waals surface area contributed by atoms with E-state index in [1.165, 1.54) is 83.4 Å². The molecule has 3 atom stereocenters. The Morgan fingerprint density at radius 1 is 0.447 bits per heavy atom. The summed E-state index contributed by atoms with van der Waals surface area (Å²) in [7, 11) is -9.23. The highest BCUT2D eigenvalue weighted by Gasteiger charge is 2.47. The molecule has 3 fully saturated rings. The molecule has 0 aliphatic carbocycles. The SMILES string of the molecule is CC(F)Oc1ccc(F)c(-n2c(=O)n(C(C)C)c3cc(C(=O)CC4(C)CCS(=O)(=O)CC4)cnc32)c1.CC(F)Oc1ccc(F)c(-n2c(=O)n(C(C)C)c3cc(C(=O)CC4(C)CS(=O)(=O)C4)cnc32)c1.CC(F)Oc1cccc(-n2c(=O)n(C(C)C)c3cc(C(=O)CC4(C)CS(=O)(=O)C4)cnc32)c1. The molecular formula is C71H80F5N9O15S3. The van der Waals surface area contributed by atoms with E-state index in [0.717, 1.165) is 21.3 Å². The Balaban J connectivity index is 0.000000166. The molecule has 3 unspecified atom stereocenters. The number of carbonyl (C=O) groups is 3. The second-order valence-corrected chi connectivity index (χ2v) is 35.0. The number of halogens is 5. The monoisotopic (exact) mass is 1490 g/mol. The number of aromatic nitrogens is 9. The average molecular weight is 1490 g/mol. The Morgan fingerprint density at radius 3 is 1.10 bits per heavy atom. The van der Waals surface area contributed by atoms with E-state index < -0.39 is 87.8 Å². The molecule has 552 valence electrons. The summed E-state index contributed by atoms with van der Waals surface area (Å²) < 4.78 is 163. The van der Waals surface area contributed by atoms with Gasteiger partial charge in [0, 0.05) is 122 Å². The van der Waals surface area contributed by atoms with Crippen LogP contribution in [-0.2, 0) is 29.5 Å². The number of hydrogen-bond acceptors (Lipinski definition) is 18. The van der Waals surface area contributed by atoms with Crippen LogP contribution >= 0.6 is 0 Å². The lowest BCUT2D eigenvalue weighted by molar-refractivity contribution is 0.0854. The molecule has 0 bridgehead atoms. The van der Waals surface area contributed by atoms with Crippen LogP contribution in [0.5, 0.6) is 17.2 Å². The topological polar surface area (TPSA) is 301 Å². The lowest BCUT2D eigenvalue weighted by Crippen LogP contribution is -2.47. The van der Waals surface area contributed by atoms with Crippen molar-refractivity contribution in [1.82, 2.24) is 42.4 Å². The predicted octanol–water partition coefficient (Wildman–Crippen LogP) is 11.5. The average Bonchev–Trinajstić information content (AvgIpc) is 1.30. The number of sulfone groups is 3. The van der Waals surface area contributed by atoms with E-state index in [0.29, 0.717) is 46.3 Å². The third-order valence-corrected chi connectivity index (χ3v) is 24.2. The molecule has 3 aliphatic heterocycles. The Hall–Kier alpha value is -9.17.